The quantitative estimate of drug-likeness (QED) is 0.768. The first-order valence-corrected chi connectivity index (χ1v) is 8.42. The summed E-state index contributed by atoms with van der Waals surface area (Å²) in [7, 11) is 0. The number of carbonyl (C=O) groups is 1. The maximum atomic E-state index is 12.8. The van der Waals surface area contributed by atoms with Crippen LogP contribution in [0.1, 0.15) is 47.1 Å². The van der Waals surface area contributed by atoms with E-state index in [1.807, 2.05) is 11.8 Å². The smallest absolute Gasteiger partial charge is 0.416 e. The van der Waals surface area contributed by atoms with E-state index in [0.717, 1.165) is 17.7 Å². The fourth-order valence-corrected chi connectivity index (χ4v) is 3.28. The van der Waals surface area contributed by atoms with Crippen LogP contribution < -0.4 is 4.90 Å². The van der Waals surface area contributed by atoms with Crippen molar-refractivity contribution in [2.24, 2.45) is 0 Å². The van der Waals surface area contributed by atoms with Gasteiger partial charge in [0, 0.05) is 6.54 Å². The minimum Gasteiger partial charge on any atom is -0.462 e. The molecule has 2 aromatic rings. The Bertz CT molecular complexity index is 812. The van der Waals surface area contributed by atoms with Gasteiger partial charge in [-0.3, -0.25) is 0 Å². The number of aromatic nitrogens is 2. The Morgan fingerprint density at radius 2 is 1.92 bits per heavy atom. The predicted octanol–water partition coefficient (Wildman–Crippen LogP) is 3.97. The van der Waals surface area contributed by atoms with Gasteiger partial charge >= 0.3 is 12.1 Å². The number of esters is 1. The zero-order chi connectivity index (χ0) is 19.1. The fraction of sp³-hybridized carbons (Fsp3) is 0.444. The van der Waals surface area contributed by atoms with E-state index in [2.05, 4.69) is 5.10 Å². The molecule has 0 aliphatic carbocycles. The van der Waals surface area contributed by atoms with Gasteiger partial charge in [-0.25, -0.2) is 9.48 Å². The van der Waals surface area contributed by atoms with Crippen LogP contribution in [0.25, 0.3) is 0 Å². The minimum absolute atomic E-state index is 0.206. The summed E-state index contributed by atoms with van der Waals surface area (Å²) in [6, 6.07) is 4.91. The summed E-state index contributed by atoms with van der Waals surface area (Å²) in [6.07, 6.45) is -4.36. The molecular formula is C18H20F3N3O2. The van der Waals surface area contributed by atoms with Crippen LogP contribution in [0, 0.1) is 6.92 Å². The number of aryl methyl sites for hydroxylation is 1. The summed E-state index contributed by atoms with van der Waals surface area (Å²) in [5, 5.41) is 4.39. The molecule has 5 nitrogen and oxygen atoms in total. The Morgan fingerprint density at radius 1 is 1.27 bits per heavy atom. The number of carbonyl (C=O) groups excluding carboxylic acids is 1. The lowest BCUT2D eigenvalue weighted by Gasteiger charge is -2.27. The van der Waals surface area contributed by atoms with Crippen LogP contribution in [-0.4, -0.2) is 28.9 Å². The molecule has 0 amide bonds. The van der Waals surface area contributed by atoms with Crippen molar-refractivity contribution in [2.75, 3.05) is 18.1 Å². The van der Waals surface area contributed by atoms with E-state index in [1.54, 1.807) is 18.5 Å². The second kappa shape index (κ2) is 6.66. The number of rotatable bonds is 4. The standard InChI is InChI=1S/C18H20F3N3O2/c1-4-26-17(25)15-11(2)22-24-10-9-23(16(15)24)12(3)13-5-7-14(8-6-13)18(19,20)21/h5-8,12H,4,9-10H2,1-3H3/t12-/m1/s1. The molecule has 1 aromatic carbocycles. The minimum atomic E-state index is -4.36. The fourth-order valence-electron chi connectivity index (χ4n) is 3.28. The summed E-state index contributed by atoms with van der Waals surface area (Å²) in [5.74, 6) is 0.228. The number of ether oxygens (including phenoxy) is 1. The number of halogens is 3. The Hall–Kier alpha value is -2.51. The van der Waals surface area contributed by atoms with Gasteiger partial charge in [0.25, 0.3) is 0 Å². The van der Waals surface area contributed by atoms with Gasteiger partial charge < -0.3 is 9.64 Å². The number of hydrogen-bond donors (Lipinski definition) is 0. The first kappa shape index (κ1) is 18.3. The summed E-state index contributed by atoms with van der Waals surface area (Å²) < 4.78 is 45.2. The molecule has 0 saturated heterocycles. The van der Waals surface area contributed by atoms with E-state index < -0.39 is 17.7 Å². The Kier molecular flexibility index (Phi) is 4.68. The first-order valence-electron chi connectivity index (χ1n) is 8.42. The van der Waals surface area contributed by atoms with Crippen LogP contribution in [0.2, 0.25) is 0 Å². The van der Waals surface area contributed by atoms with E-state index in [4.69, 9.17) is 4.74 Å². The van der Waals surface area contributed by atoms with Crippen molar-refractivity contribution >= 4 is 11.8 Å². The van der Waals surface area contributed by atoms with E-state index in [0.29, 0.717) is 30.2 Å². The molecule has 2 heterocycles. The Morgan fingerprint density at radius 3 is 2.50 bits per heavy atom. The predicted molar refractivity (Wildman–Crippen MR) is 90.1 cm³/mol. The van der Waals surface area contributed by atoms with Gasteiger partial charge in [-0.05, 0) is 38.5 Å². The van der Waals surface area contributed by atoms with Crippen LogP contribution in [0.5, 0.6) is 0 Å². The van der Waals surface area contributed by atoms with Crippen molar-refractivity contribution in [1.29, 1.82) is 0 Å². The van der Waals surface area contributed by atoms with Crippen molar-refractivity contribution in [3.8, 4) is 0 Å². The van der Waals surface area contributed by atoms with E-state index >= 15 is 0 Å². The molecule has 26 heavy (non-hydrogen) atoms. The largest absolute Gasteiger partial charge is 0.462 e. The molecule has 0 spiro atoms. The molecule has 3 rings (SSSR count). The van der Waals surface area contributed by atoms with Gasteiger partial charge in [-0.15, -0.1) is 0 Å². The average Bonchev–Trinajstić information content (AvgIpc) is 3.11. The molecule has 0 radical (unpaired) electrons. The first-order chi connectivity index (χ1) is 12.2. The van der Waals surface area contributed by atoms with E-state index in [1.165, 1.54) is 12.1 Å². The van der Waals surface area contributed by atoms with Crippen molar-refractivity contribution in [3.05, 3.63) is 46.6 Å². The second-order valence-electron chi connectivity index (χ2n) is 6.22. The number of alkyl halides is 3. The van der Waals surface area contributed by atoms with Crippen molar-refractivity contribution < 1.29 is 22.7 Å². The summed E-state index contributed by atoms with van der Waals surface area (Å²) in [5.41, 5.74) is 1.06. The van der Waals surface area contributed by atoms with Crippen LogP contribution in [0.4, 0.5) is 19.0 Å². The lowest BCUT2D eigenvalue weighted by molar-refractivity contribution is -0.137. The molecule has 0 unspecified atom stereocenters. The third-order valence-electron chi connectivity index (χ3n) is 4.59. The Labute approximate surface area is 149 Å². The zero-order valence-electron chi connectivity index (χ0n) is 14.8. The van der Waals surface area contributed by atoms with Crippen LogP contribution in [0.3, 0.4) is 0 Å². The SMILES string of the molecule is CCOC(=O)c1c(C)nn2c1N([C@H](C)c1ccc(C(F)(F)F)cc1)CC2. The molecule has 0 fully saturated rings. The van der Waals surface area contributed by atoms with Gasteiger partial charge in [-0.1, -0.05) is 12.1 Å². The molecular weight excluding hydrogens is 347 g/mol. The maximum absolute atomic E-state index is 12.8. The highest BCUT2D eigenvalue weighted by Crippen LogP contribution is 2.36. The van der Waals surface area contributed by atoms with Gasteiger partial charge in [-0.2, -0.15) is 18.3 Å². The highest BCUT2D eigenvalue weighted by Gasteiger charge is 2.34. The molecule has 1 aliphatic rings. The highest BCUT2D eigenvalue weighted by molar-refractivity contribution is 5.96. The third-order valence-corrected chi connectivity index (χ3v) is 4.59. The third kappa shape index (κ3) is 3.15. The maximum Gasteiger partial charge on any atom is 0.416 e. The van der Waals surface area contributed by atoms with Gasteiger partial charge in [0.15, 0.2) is 0 Å². The van der Waals surface area contributed by atoms with Crippen molar-refractivity contribution in [3.63, 3.8) is 0 Å². The summed E-state index contributed by atoms with van der Waals surface area (Å²) >= 11 is 0. The molecule has 1 aromatic heterocycles. The van der Waals surface area contributed by atoms with Crippen LogP contribution >= 0.6 is 0 Å². The van der Waals surface area contributed by atoms with Crippen LogP contribution in [-0.2, 0) is 17.5 Å². The number of anilines is 1. The summed E-state index contributed by atoms with van der Waals surface area (Å²) in [6.45, 7) is 6.88. The van der Waals surface area contributed by atoms with Crippen LogP contribution in [0.15, 0.2) is 24.3 Å². The normalized spacial score (nSPS) is 15.1. The van der Waals surface area contributed by atoms with Gasteiger partial charge in [0.05, 0.1) is 30.5 Å². The number of benzene rings is 1. The molecule has 1 aliphatic heterocycles. The van der Waals surface area contributed by atoms with Gasteiger partial charge in [0.1, 0.15) is 11.4 Å². The molecule has 8 heteroatoms. The number of nitrogens with zero attached hydrogens (tertiary/aromatic N) is 3. The molecule has 0 bridgehead atoms. The second-order valence-corrected chi connectivity index (χ2v) is 6.22. The highest BCUT2D eigenvalue weighted by atomic mass is 19.4. The van der Waals surface area contributed by atoms with E-state index in [-0.39, 0.29) is 12.6 Å². The van der Waals surface area contributed by atoms with Crippen molar-refractivity contribution in [2.45, 2.75) is 39.5 Å². The molecule has 1 atom stereocenters. The number of hydrogen-bond acceptors (Lipinski definition) is 4. The lowest BCUT2D eigenvalue weighted by Crippen LogP contribution is -2.26. The van der Waals surface area contributed by atoms with E-state index in [9.17, 15) is 18.0 Å². The Balaban J connectivity index is 1.92. The molecule has 0 saturated carbocycles. The average molecular weight is 367 g/mol. The lowest BCUT2D eigenvalue weighted by atomic mass is 10.0. The zero-order valence-corrected chi connectivity index (χ0v) is 14.8. The summed E-state index contributed by atoms with van der Waals surface area (Å²) in [4.78, 5) is 14.3. The molecule has 0 N–H and O–H groups in total. The van der Waals surface area contributed by atoms with Crippen molar-refractivity contribution in [1.82, 2.24) is 9.78 Å². The number of fused-ring (bicyclic) bond motifs is 1. The molecule has 140 valence electrons. The topological polar surface area (TPSA) is 47.4 Å². The monoisotopic (exact) mass is 367 g/mol. The van der Waals surface area contributed by atoms with Gasteiger partial charge in [0.2, 0.25) is 0 Å².